The normalized spacial score (nSPS) is 13.8. The number of methoxy groups -OCH3 is 1. The van der Waals surface area contributed by atoms with Crippen molar-refractivity contribution in [2.75, 3.05) is 26.0 Å². The zero-order chi connectivity index (χ0) is 13.9. The van der Waals surface area contributed by atoms with Gasteiger partial charge in [0.05, 0.1) is 18.4 Å². The maximum atomic E-state index is 12.0. The molecule has 8 nitrogen and oxygen atoms in total. The van der Waals surface area contributed by atoms with Gasteiger partial charge in [-0.3, -0.25) is 4.68 Å². The number of ether oxygens (including phenoxy) is 1. The molecular weight excluding hydrogens is 260 g/mol. The Kier molecular flexibility index (Phi) is 4.68. The molecule has 1 unspecified atom stereocenters. The van der Waals surface area contributed by atoms with Gasteiger partial charge in [-0.15, -0.1) is 0 Å². The summed E-state index contributed by atoms with van der Waals surface area (Å²) in [7, 11) is -0.769. The Balaban J connectivity index is 2.87. The summed E-state index contributed by atoms with van der Waals surface area (Å²) in [6, 6.07) is 0. The van der Waals surface area contributed by atoms with E-state index >= 15 is 0 Å². The van der Waals surface area contributed by atoms with Gasteiger partial charge >= 0.3 is 0 Å². The molecule has 18 heavy (non-hydrogen) atoms. The second kappa shape index (κ2) is 5.65. The average Bonchev–Trinajstić information content (AvgIpc) is 2.51. The molecule has 0 aliphatic heterocycles. The van der Waals surface area contributed by atoms with Crippen LogP contribution in [0.1, 0.15) is 5.69 Å². The molecule has 0 amide bonds. The zero-order valence-electron chi connectivity index (χ0n) is 10.5. The van der Waals surface area contributed by atoms with E-state index in [9.17, 15) is 13.5 Å². The van der Waals surface area contributed by atoms with E-state index in [1.165, 1.54) is 11.8 Å². The first kappa shape index (κ1) is 14.9. The van der Waals surface area contributed by atoms with Crippen LogP contribution in [0.25, 0.3) is 0 Å². The minimum absolute atomic E-state index is 0.0457. The van der Waals surface area contributed by atoms with E-state index in [-0.39, 0.29) is 23.9 Å². The average molecular weight is 278 g/mol. The Morgan fingerprint density at radius 2 is 2.22 bits per heavy atom. The van der Waals surface area contributed by atoms with Crippen LogP contribution in [0.5, 0.6) is 0 Å². The van der Waals surface area contributed by atoms with Crippen LogP contribution in [0.15, 0.2) is 4.90 Å². The van der Waals surface area contributed by atoms with Crippen LogP contribution in [-0.2, 0) is 21.8 Å². The predicted molar refractivity (Wildman–Crippen MR) is 65.4 cm³/mol. The molecule has 0 aliphatic carbocycles. The fraction of sp³-hybridized carbons (Fsp3) is 0.667. The van der Waals surface area contributed by atoms with Gasteiger partial charge in [0.25, 0.3) is 0 Å². The first-order chi connectivity index (χ1) is 8.29. The molecule has 0 radical (unpaired) electrons. The van der Waals surface area contributed by atoms with Crippen LogP contribution in [-0.4, -0.2) is 49.7 Å². The molecule has 1 atom stereocenters. The third-order valence-electron chi connectivity index (χ3n) is 2.44. The molecule has 0 bridgehead atoms. The Morgan fingerprint density at radius 1 is 1.61 bits per heavy atom. The maximum absolute atomic E-state index is 12.0. The highest BCUT2D eigenvalue weighted by Gasteiger charge is 2.24. The van der Waals surface area contributed by atoms with E-state index in [1.807, 2.05) is 0 Å². The molecule has 0 aliphatic rings. The molecule has 4 N–H and O–H groups in total. The number of aliphatic hydroxyl groups is 1. The molecular formula is C9H18N4O4S. The van der Waals surface area contributed by atoms with E-state index < -0.39 is 16.1 Å². The predicted octanol–water partition coefficient (Wildman–Crippen LogP) is -1.40. The number of anilines is 1. The number of hydrogen-bond acceptors (Lipinski definition) is 6. The molecule has 0 spiro atoms. The number of nitrogens with two attached hydrogens (primary N) is 1. The summed E-state index contributed by atoms with van der Waals surface area (Å²) in [6.45, 7) is 1.50. The Labute approximate surface area is 106 Å². The maximum Gasteiger partial charge on any atom is 0.246 e. The van der Waals surface area contributed by atoms with Crippen LogP contribution in [0.3, 0.4) is 0 Å². The molecule has 104 valence electrons. The number of sulfonamides is 1. The third-order valence-corrected chi connectivity index (χ3v) is 4.03. The number of nitrogens with zero attached hydrogens (tertiary/aromatic N) is 2. The van der Waals surface area contributed by atoms with Crippen LogP contribution in [0.2, 0.25) is 0 Å². The first-order valence-electron chi connectivity index (χ1n) is 5.25. The van der Waals surface area contributed by atoms with E-state index in [0.717, 1.165) is 0 Å². The molecule has 9 heteroatoms. The number of aliphatic hydroxyl groups excluding tert-OH is 1. The van der Waals surface area contributed by atoms with Crippen LogP contribution in [0.4, 0.5) is 5.82 Å². The van der Waals surface area contributed by atoms with E-state index in [4.69, 9.17) is 10.5 Å². The second-order valence-corrected chi connectivity index (χ2v) is 5.59. The number of nitrogens with one attached hydrogen (secondary N) is 1. The molecule has 0 saturated carbocycles. The number of aromatic nitrogens is 2. The van der Waals surface area contributed by atoms with Gasteiger partial charge in [-0.25, -0.2) is 13.1 Å². The number of nitrogen functional groups attached to an aromatic ring is 1. The van der Waals surface area contributed by atoms with Crippen molar-refractivity contribution >= 4 is 15.8 Å². The highest BCUT2D eigenvalue weighted by Crippen LogP contribution is 2.20. The van der Waals surface area contributed by atoms with Crippen molar-refractivity contribution in [3.05, 3.63) is 5.69 Å². The summed E-state index contributed by atoms with van der Waals surface area (Å²) >= 11 is 0. The first-order valence-corrected chi connectivity index (χ1v) is 6.73. The lowest BCUT2D eigenvalue weighted by Gasteiger charge is -2.11. The van der Waals surface area contributed by atoms with Crippen molar-refractivity contribution in [2.45, 2.75) is 17.9 Å². The van der Waals surface area contributed by atoms with Gasteiger partial charge in [-0.2, -0.15) is 5.10 Å². The molecule has 0 fully saturated rings. The third kappa shape index (κ3) is 3.19. The van der Waals surface area contributed by atoms with Gasteiger partial charge in [0.15, 0.2) is 5.82 Å². The van der Waals surface area contributed by atoms with Crippen molar-refractivity contribution in [3.8, 4) is 0 Å². The fourth-order valence-electron chi connectivity index (χ4n) is 1.48. The van der Waals surface area contributed by atoms with Gasteiger partial charge in [0, 0.05) is 20.7 Å². The monoisotopic (exact) mass is 278 g/mol. The number of hydrogen-bond donors (Lipinski definition) is 3. The quantitative estimate of drug-likeness (QED) is 0.588. The fourth-order valence-corrected chi connectivity index (χ4v) is 2.87. The van der Waals surface area contributed by atoms with Crippen LogP contribution < -0.4 is 10.5 Å². The van der Waals surface area contributed by atoms with Crippen LogP contribution >= 0.6 is 0 Å². The molecule has 1 rings (SSSR count). The summed E-state index contributed by atoms with van der Waals surface area (Å²) in [5, 5.41) is 13.2. The Morgan fingerprint density at radius 3 is 2.67 bits per heavy atom. The standard InChI is InChI=1S/C9H18N4O4S/c1-6-8(9(10)12-13(6)2)18(15,16)11-4-7(14)5-17-3/h7,11,14H,4-5H2,1-3H3,(H2,10,12). The Hall–Kier alpha value is -1.16. The van der Waals surface area contributed by atoms with Gasteiger partial charge in [-0.1, -0.05) is 0 Å². The number of rotatable bonds is 6. The van der Waals surface area contributed by atoms with Gasteiger partial charge in [0.1, 0.15) is 4.90 Å². The number of aryl methyl sites for hydroxylation is 1. The van der Waals surface area contributed by atoms with Gasteiger partial charge in [-0.05, 0) is 6.92 Å². The topological polar surface area (TPSA) is 119 Å². The summed E-state index contributed by atoms with van der Waals surface area (Å²) in [6.07, 6.45) is -0.914. The summed E-state index contributed by atoms with van der Waals surface area (Å²) in [5.74, 6) is -0.0660. The molecule has 1 heterocycles. The van der Waals surface area contributed by atoms with Crippen molar-refractivity contribution in [2.24, 2.45) is 7.05 Å². The zero-order valence-corrected chi connectivity index (χ0v) is 11.4. The molecule has 0 saturated heterocycles. The lowest BCUT2D eigenvalue weighted by Crippen LogP contribution is -2.34. The van der Waals surface area contributed by atoms with E-state index in [0.29, 0.717) is 5.69 Å². The molecule has 0 aromatic carbocycles. The lowest BCUT2D eigenvalue weighted by atomic mass is 10.4. The molecule has 1 aromatic heterocycles. The van der Waals surface area contributed by atoms with Gasteiger partial charge in [0.2, 0.25) is 10.0 Å². The van der Waals surface area contributed by atoms with Crippen molar-refractivity contribution < 1.29 is 18.3 Å². The summed E-state index contributed by atoms with van der Waals surface area (Å²) in [5.41, 5.74) is 5.99. The summed E-state index contributed by atoms with van der Waals surface area (Å²) < 4.78 is 32.3. The van der Waals surface area contributed by atoms with Crippen molar-refractivity contribution in [3.63, 3.8) is 0 Å². The minimum Gasteiger partial charge on any atom is -0.389 e. The van der Waals surface area contributed by atoms with Crippen molar-refractivity contribution in [1.82, 2.24) is 14.5 Å². The molecule has 1 aromatic rings. The Bertz CT molecular complexity index is 511. The van der Waals surface area contributed by atoms with E-state index in [1.54, 1.807) is 14.0 Å². The highest BCUT2D eigenvalue weighted by atomic mass is 32.2. The van der Waals surface area contributed by atoms with E-state index in [2.05, 4.69) is 9.82 Å². The lowest BCUT2D eigenvalue weighted by molar-refractivity contribution is 0.0679. The van der Waals surface area contributed by atoms with Crippen molar-refractivity contribution in [1.29, 1.82) is 0 Å². The SMILES string of the molecule is COCC(O)CNS(=O)(=O)c1c(N)nn(C)c1C. The largest absolute Gasteiger partial charge is 0.389 e. The minimum atomic E-state index is -3.79. The summed E-state index contributed by atoms with van der Waals surface area (Å²) in [4.78, 5) is -0.0605. The van der Waals surface area contributed by atoms with Gasteiger partial charge < -0.3 is 15.6 Å². The highest BCUT2D eigenvalue weighted by molar-refractivity contribution is 7.89. The second-order valence-electron chi connectivity index (χ2n) is 3.88. The smallest absolute Gasteiger partial charge is 0.246 e. The van der Waals surface area contributed by atoms with Crippen LogP contribution in [0, 0.1) is 6.92 Å².